The maximum absolute atomic E-state index is 11.9. The van der Waals surface area contributed by atoms with Crippen LogP contribution >= 0.6 is 15.9 Å². The second kappa shape index (κ2) is 7.58. The van der Waals surface area contributed by atoms with E-state index < -0.39 is 4.92 Å². The van der Waals surface area contributed by atoms with Gasteiger partial charge in [0.2, 0.25) is 0 Å². The van der Waals surface area contributed by atoms with Crippen LogP contribution in [0.1, 0.15) is 0 Å². The highest BCUT2D eigenvalue weighted by molar-refractivity contribution is 9.10. The largest absolute Gasteiger partial charge is 0.456 e. The molecule has 1 aromatic heterocycles. The molecule has 9 heteroatoms. The summed E-state index contributed by atoms with van der Waals surface area (Å²) in [6.07, 6.45) is 1.61. The Labute approximate surface area is 163 Å². The van der Waals surface area contributed by atoms with E-state index in [0.29, 0.717) is 21.7 Å². The molecule has 3 rings (SSSR count). The van der Waals surface area contributed by atoms with Gasteiger partial charge in [-0.1, -0.05) is 0 Å². The van der Waals surface area contributed by atoms with Crippen LogP contribution in [0.4, 0.5) is 10.5 Å². The number of carbonyl (C=O) groups excluding carboxylic acids is 1. The Morgan fingerprint density at radius 1 is 1.19 bits per heavy atom. The zero-order valence-corrected chi connectivity index (χ0v) is 16.1. The highest BCUT2D eigenvalue weighted by Gasteiger charge is 2.12. The van der Waals surface area contributed by atoms with Gasteiger partial charge in [-0.05, 0) is 52.3 Å². The van der Waals surface area contributed by atoms with E-state index in [1.54, 1.807) is 38.5 Å². The number of ether oxygens (including phenoxy) is 1. The lowest BCUT2D eigenvalue weighted by Gasteiger charge is -2.09. The van der Waals surface area contributed by atoms with Crippen LogP contribution in [-0.2, 0) is 0 Å². The fourth-order valence-electron chi connectivity index (χ4n) is 2.30. The summed E-state index contributed by atoms with van der Waals surface area (Å²) in [5, 5.41) is 15.1. The van der Waals surface area contributed by atoms with Crippen LogP contribution in [0.3, 0.4) is 0 Å². The first-order valence-electron chi connectivity index (χ1n) is 7.84. The molecule has 27 heavy (non-hydrogen) atoms. The third kappa shape index (κ3) is 4.14. The average Bonchev–Trinajstić information content (AvgIpc) is 3.13. The summed E-state index contributed by atoms with van der Waals surface area (Å²) >= 11 is 3.27. The highest BCUT2D eigenvalue weighted by Crippen LogP contribution is 2.33. The minimum absolute atomic E-state index is 0.0209. The number of nitro groups is 1. The molecule has 3 aromatic rings. The summed E-state index contributed by atoms with van der Waals surface area (Å²) in [6.45, 7) is 0. The molecule has 0 unspecified atom stereocenters. The summed E-state index contributed by atoms with van der Waals surface area (Å²) in [6, 6.07) is 13.0. The van der Waals surface area contributed by atoms with Gasteiger partial charge in [-0.2, -0.15) is 9.78 Å². The fraction of sp³-hybridized carbons (Fsp3) is 0.111. The van der Waals surface area contributed by atoms with Crippen molar-refractivity contribution in [3.63, 3.8) is 0 Å². The first-order valence-corrected chi connectivity index (χ1v) is 8.64. The Kier molecular flexibility index (Phi) is 5.22. The maximum atomic E-state index is 11.9. The molecule has 138 valence electrons. The smallest absolute Gasteiger partial charge is 0.344 e. The Balaban J connectivity index is 1.76. The standard InChI is InChI=1S/C18H15BrN4O4/c1-21(2)18(24)22-10-9-16(20-22)12-3-6-14(7-4-12)27-17-8-5-13(23(25)26)11-15(17)19/h3-11H,1-2H3. The lowest BCUT2D eigenvalue weighted by Crippen LogP contribution is -2.27. The number of benzene rings is 2. The molecule has 0 bridgehead atoms. The Hall–Kier alpha value is -3.20. The maximum Gasteiger partial charge on any atom is 0.344 e. The van der Waals surface area contributed by atoms with Crippen LogP contribution < -0.4 is 4.74 Å². The van der Waals surface area contributed by atoms with Crippen molar-refractivity contribution >= 4 is 27.6 Å². The van der Waals surface area contributed by atoms with Gasteiger partial charge >= 0.3 is 6.03 Å². The molecule has 0 radical (unpaired) electrons. The van der Waals surface area contributed by atoms with Crippen LogP contribution in [0.5, 0.6) is 11.5 Å². The van der Waals surface area contributed by atoms with E-state index in [0.717, 1.165) is 5.56 Å². The average molecular weight is 431 g/mol. The number of aromatic nitrogens is 2. The van der Waals surface area contributed by atoms with Gasteiger partial charge in [0.25, 0.3) is 5.69 Å². The number of hydrogen-bond acceptors (Lipinski definition) is 5. The van der Waals surface area contributed by atoms with E-state index in [2.05, 4.69) is 21.0 Å². The highest BCUT2D eigenvalue weighted by atomic mass is 79.9. The van der Waals surface area contributed by atoms with Gasteiger partial charge in [-0.15, -0.1) is 0 Å². The molecular formula is C18H15BrN4O4. The third-order valence-electron chi connectivity index (χ3n) is 3.67. The molecule has 1 heterocycles. The molecule has 8 nitrogen and oxygen atoms in total. The van der Waals surface area contributed by atoms with Gasteiger partial charge in [0.1, 0.15) is 11.5 Å². The second-order valence-corrected chi connectivity index (χ2v) is 6.68. The SMILES string of the molecule is CN(C)C(=O)n1ccc(-c2ccc(Oc3ccc([N+](=O)[O-])cc3Br)cc2)n1. The van der Waals surface area contributed by atoms with Crippen LogP contribution in [0.2, 0.25) is 0 Å². The predicted octanol–water partition coefficient (Wildman–Crippen LogP) is 4.54. The number of nitrogens with zero attached hydrogens (tertiary/aromatic N) is 4. The molecule has 0 aliphatic heterocycles. The van der Waals surface area contributed by atoms with E-state index in [1.165, 1.54) is 27.8 Å². The van der Waals surface area contributed by atoms with Gasteiger partial charge in [0.05, 0.1) is 15.1 Å². The van der Waals surface area contributed by atoms with E-state index in [-0.39, 0.29) is 11.7 Å². The minimum atomic E-state index is -0.469. The van der Waals surface area contributed by atoms with Crippen molar-refractivity contribution in [2.45, 2.75) is 0 Å². The fourth-order valence-corrected chi connectivity index (χ4v) is 2.74. The van der Waals surface area contributed by atoms with Gasteiger partial charge in [0, 0.05) is 38.0 Å². The van der Waals surface area contributed by atoms with Crippen molar-refractivity contribution in [2.75, 3.05) is 14.1 Å². The number of hydrogen-bond donors (Lipinski definition) is 0. The number of amides is 1. The topological polar surface area (TPSA) is 90.5 Å². The van der Waals surface area contributed by atoms with Gasteiger partial charge < -0.3 is 9.64 Å². The summed E-state index contributed by atoms with van der Waals surface area (Å²) < 4.78 is 7.51. The molecule has 0 aliphatic carbocycles. The molecule has 0 N–H and O–H groups in total. The summed E-state index contributed by atoms with van der Waals surface area (Å²) in [5.41, 5.74) is 1.47. The van der Waals surface area contributed by atoms with Crippen molar-refractivity contribution in [1.82, 2.24) is 14.7 Å². The molecule has 0 saturated carbocycles. The van der Waals surface area contributed by atoms with Crippen molar-refractivity contribution in [1.29, 1.82) is 0 Å². The van der Waals surface area contributed by atoms with Gasteiger partial charge in [0.15, 0.2) is 0 Å². The lowest BCUT2D eigenvalue weighted by molar-refractivity contribution is -0.384. The minimum Gasteiger partial charge on any atom is -0.456 e. The number of carbonyl (C=O) groups is 1. The Bertz CT molecular complexity index is 999. The molecule has 0 fully saturated rings. The molecule has 0 spiro atoms. The van der Waals surface area contributed by atoms with E-state index in [9.17, 15) is 14.9 Å². The molecule has 1 amide bonds. The number of rotatable bonds is 4. The predicted molar refractivity (Wildman–Crippen MR) is 103 cm³/mol. The normalized spacial score (nSPS) is 10.5. The van der Waals surface area contributed by atoms with Crippen LogP contribution in [0.25, 0.3) is 11.3 Å². The molecular weight excluding hydrogens is 416 g/mol. The zero-order chi connectivity index (χ0) is 19.6. The van der Waals surface area contributed by atoms with Crippen molar-refractivity contribution in [3.8, 4) is 22.8 Å². The first kappa shape index (κ1) is 18.6. The second-order valence-electron chi connectivity index (χ2n) is 5.82. The van der Waals surface area contributed by atoms with E-state index >= 15 is 0 Å². The van der Waals surface area contributed by atoms with Crippen LogP contribution in [0, 0.1) is 10.1 Å². The Morgan fingerprint density at radius 3 is 2.48 bits per heavy atom. The van der Waals surface area contributed by atoms with Gasteiger partial charge in [-0.3, -0.25) is 10.1 Å². The molecule has 0 atom stereocenters. The van der Waals surface area contributed by atoms with Crippen molar-refractivity contribution < 1.29 is 14.5 Å². The Morgan fingerprint density at radius 2 is 1.89 bits per heavy atom. The van der Waals surface area contributed by atoms with Crippen LogP contribution in [-0.4, -0.2) is 39.7 Å². The van der Waals surface area contributed by atoms with Crippen LogP contribution in [0.15, 0.2) is 59.2 Å². The van der Waals surface area contributed by atoms with Crippen molar-refractivity contribution in [2.24, 2.45) is 0 Å². The van der Waals surface area contributed by atoms with Gasteiger partial charge in [-0.25, -0.2) is 4.79 Å². The molecule has 0 saturated heterocycles. The quantitative estimate of drug-likeness (QED) is 0.447. The monoisotopic (exact) mass is 430 g/mol. The molecule has 2 aromatic carbocycles. The van der Waals surface area contributed by atoms with E-state index in [4.69, 9.17) is 4.74 Å². The first-order chi connectivity index (χ1) is 12.8. The lowest BCUT2D eigenvalue weighted by atomic mass is 10.1. The summed E-state index contributed by atoms with van der Waals surface area (Å²) in [7, 11) is 3.32. The number of nitro benzene ring substituents is 1. The third-order valence-corrected chi connectivity index (χ3v) is 4.29. The molecule has 0 aliphatic rings. The van der Waals surface area contributed by atoms with Crippen molar-refractivity contribution in [3.05, 3.63) is 69.3 Å². The number of non-ortho nitro benzene ring substituents is 1. The zero-order valence-electron chi connectivity index (χ0n) is 14.5. The number of halogens is 1. The summed E-state index contributed by atoms with van der Waals surface area (Å²) in [4.78, 5) is 23.7. The van der Waals surface area contributed by atoms with E-state index in [1.807, 2.05) is 12.1 Å². The summed E-state index contributed by atoms with van der Waals surface area (Å²) in [5.74, 6) is 1.03.